The summed E-state index contributed by atoms with van der Waals surface area (Å²) in [7, 11) is 1.61. The highest BCUT2D eigenvalue weighted by Gasteiger charge is 2.19. The van der Waals surface area contributed by atoms with E-state index in [-0.39, 0.29) is 5.91 Å². The lowest BCUT2D eigenvalue weighted by Crippen LogP contribution is -2.28. The molecule has 1 aromatic carbocycles. The number of thiophene rings is 1. The van der Waals surface area contributed by atoms with Crippen molar-refractivity contribution in [1.82, 2.24) is 25.0 Å². The molecule has 3 aromatic rings. The number of fused-ring (bicyclic) bond motifs is 1. The number of nitrogens with zero attached hydrogens (tertiary/aromatic N) is 4. The molecule has 0 saturated carbocycles. The first kappa shape index (κ1) is 20.6. The Morgan fingerprint density at radius 2 is 2.00 bits per heavy atom. The molecule has 1 aliphatic rings. The SMILES string of the molecule is COc1ccc(C(=O)NCCc2nnc3n2CCN(Cc2sccc2C)CC3)cc1. The highest BCUT2D eigenvalue weighted by atomic mass is 32.1. The van der Waals surface area contributed by atoms with Crippen molar-refractivity contribution < 1.29 is 9.53 Å². The van der Waals surface area contributed by atoms with Crippen LogP contribution in [0.2, 0.25) is 0 Å². The lowest BCUT2D eigenvalue weighted by atomic mass is 10.2. The molecule has 1 aliphatic heterocycles. The monoisotopic (exact) mass is 425 g/mol. The van der Waals surface area contributed by atoms with E-state index in [1.807, 2.05) is 11.3 Å². The van der Waals surface area contributed by atoms with Gasteiger partial charge in [0, 0.05) is 56.0 Å². The summed E-state index contributed by atoms with van der Waals surface area (Å²) < 4.78 is 7.35. The summed E-state index contributed by atoms with van der Waals surface area (Å²) in [5.74, 6) is 2.62. The van der Waals surface area contributed by atoms with Gasteiger partial charge in [-0.2, -0.15) is 0 Å². The molecule has 0 spiro atoms. The second-order valence-corrected chi connectivity index (χ2v) is 8.47. The number of carbonyl (C=O) groups is 1. The molecule has 0 fully saturated rings. The van der Waals surface area contributed by atoms with E-state index in [1.165, 1.54) is 10.4 Å². The molecule has 0 saturated heterocycles. The number of nitrogens with one attached hydrogen (secondary N) is 1. The van der Waals surface area contributed by atoms with Crippen LogP contribution < -0.4 is 10.1 Å². The lowest BCUT2D eigenvalue weighted by molar-refractivity contribution is 0.0954. The minimum Gasteiger partial charge on any atom is -0.497 e. The fourth-order valence-corrected chi connectivity index (χ4v) is 4.62. The zero-order valence-electron chi connectivity index (χ0n) is 17.4. The van der Waals surface area contributed by atoms with Crippen LogP contribution in [0.1, 0.15) is 32.4 Å². The molecular weight excluding hydrogens is 398 g/mol. The Morgan fingerprint density at radius 3 is 2.73 bits per heavy atom. The molecule has 0 radical (unpaired) electrons. The van der Waals surface area contributed by atoms with Gasteiger partial charge in [-0.05, 0) is 48.2 Å². The largest absolute Gasteiger partial charge is 0.497 e. The first-order valence-corrected chi connectivity index (χ1v) is 11.1. The number of aryl methyl sites for hydroxylation is 1. The van der Waals surface area contributed by atoms with Crippen molar-refractivity contribution in [3.05, 3.63) is 63.4 Å². The maximum absolute atomic E-state index is 12.3. The molecular formula is C22H27N5O2S. The van der Waals surface area contributed by atoms with Crippen LogP contribution in [0.3, 0.4) is 0 Å². The number of aromatic nitrogens is 3. The third-order valence-electron chi connectivity index (χ3n) is 5.52. The minimum absolute atomic E-state index is 0.0919. The highest BCUT2D eigenvalue weighted by Crippen LogP contribution is 2.19. The summed E-state index contributed by atoms with van der Waals surface area (Å²) in [4.78, 5) is 16.3. The quantitative estimate of drug-likeness (QED) is 0.630. The maximum atomic E-state index is 12.3. The maximum Gasteiger partial charge on any atom is 0.251 e. The van der Waals surface area contributed by atoms with E-state index in [2.05, 4.69) is 43.4 Å². The van der Waals surface area contributed by atoms with Gasteiger partial charge in [-0.3, -0.25) is 9.69 Å². The van der Waals surface area contributed by atoms with Crippen LogP contribution in [0, 0.1) is 6.92 Å². The fraction of sp³-hybridized carbons (Fsp3) is 0.409. The van der Waals surface area contributed by atoms with E-state index in [0.29, 0.717) is 18.5 Å². The van der Waals surface area contributed by atoms with Gasteiger partial charge in [0.15, 0.2) is 0 Å². The molecule has 0 aliphatic carbocycles. The Balaban J connectivity index is 1.30. The van der Waals surface area contributed by atoms with E-state index < -0.39 is 0 Å². The number of hydrogen-bond acceptors (Lipinski definition) is 6. The van der Waals surface area contributed by atoms with Crippen molar-refractivity contribution in [2.24, 2.45) is 0 Å². The number of benzene rings is 1. The Labute approximate surface area is 180 Å². The average Bonchev–Trinajstić information content (AvgIpc) is 3.29. The summed E-state index contributed by atoms with van der Waals surface area (Å²) in [6.07, 6.45) is 1.56. The molecule has 3 heterocycles. The van der Waals surface area contributed by atoms with Crippen molar-refractivity contribution in [1.29, 1.82) is 0 Å². The van der Waals surface area contributed by atoms with Crippen LogP contribution in [0.4, 0.5) is 0 Å². The molecule has 1 amide bonds. The van der Waals surface area contributed by atoms with Gasteiger partial charge in [0.1, 0.15) is 17.4 Å². The van der Waals surface area contributed by atoms with E-state index >= 15 is 0 Å². The number of amides is 1. The van der Waals surface area contributed by atoms with Gasteiger partial charge in [0.25, 0.3) is 5.91 Å². The van der Waals surface area contributed by atoms with E-state index in [0.717, 1.165) is 50.0 Å². The number of rotatable bonds is 7. The number of carbonyl (C=O) groups excluding carboxylic acids is 1. The Bertz CT molecular complexity index is 995. The standard InChI is InChI=1S/C22H27N5O2S/c1-16-9-14-30-19(16)15-26-11-8-21-25-24-20(27(21)13-12-26)7-10-23-22(28)17-3-5-18(29-2)6-4-17/h3-6,9,14H,7-8,10-13,15H2,1-2H3,(H,23,28). The predicted molar refractivity (Wildman–Crippen MR) is 117 cm³/mol. The van der Waals surface area contributed by atoms with Crippen molar-refractivity contribution in [2.45, 2.75) is 32.9 Å². The van der Waals surface area contributed by atoms with Crippen LogP contribution in [0.25, 0.3) is 0 Å². The van der Waals surface area contributed by atoms with Crippen LogP contribution in [-0.2, 0) is 25.9 Å². The number of hydrogen-bond donors (Lipinski definition) is 1. The summed E-state index contributed by atoms with van der Waals surface area (Å²) >= 11 is 1.83. The third-order valence-corrected chi connectivity index (χ3v) is 6.52. The van der Waals surface area contributed by atoms with Gasteiger partial charge < -0.3 is 14.6 Å². The highest BCUT2D eigenvalue weighted by molar-refractivity contribution is 7.10. The van der Waals surface area contributed by atoms with Crippen molar-refractivity contribution >= 4 is 17.2 Å². The molecule has 30 heavy (non-hydrogen) atoms. The van der Waals surface area contributed by atoms with Crippen LogP contribution in [-0.4, -0.2) is 52.3 Å². The van der Waals surface area contributed by atoms with E-state index in [9.17, 15) is 4.79 Å². The zero-order chi connectivity index (χ0) is 20.9. The Hall–Kier alpha value is -2.71. The summed E-state index contributed by atoms with van der Waals surface area (Å²) in [6, 6.07) is 9.29. The summed E-state index contributed by atoms with van der Waals surface area (Å²) in [5.41, 5.74) is 1.99. The first-order chi connectivity index (χ1) is 14.6. The van der Waals surface area contributed by atoms with Crippen LogP contribution in [0.5, 0.6) is 5.75 Å². The van der Waals surface area contributed by atoms with Gasteiger partial charge in [-0.15, -0.1) is 21.5 Å². The van der Waals surface area contributed by atoms with Gasteiger partial charge in [0.05, 0.1) is 7.11 Å². The fourth-order valence-electron chi connectivity index (χ4n) is 3.67. The van der Waals surface area contributed by atoms with Gasteiger partial charge in [0.2, 0.25) is 0 Å². The summed E-state index contributed by atoms with van der Waals surface area (Å²) in [6.45, 7) is 6.55. The molecule has 4 rings (SSSR count). The molecule has 158 valence electrons. The van der Waals surface area contributed by atoms with Crippen molar-refractivity contribution in [3.63, 3.8) is 0 Å². The van der Waals surface area contributed by atoms with Gasteiger partial charge in [-0.1, -0.05) is 0 Å². The first-order valence-electron chi connectivity index (χ1n) is 10.2. The number of methoxy groups -OCH3 is 1. The lowest BCUT2D eigenvalue weighted by Gasteiger charge is -2.19. The van der Waals surface area contributed by atoms with Gasteiger partial charge >= 0.3 is 0 Å². The average molecular weight is 426 g/mol. The Morgan fingerprint density at radius 1 is 1.17 bits per heavy atom. The second-order valence-electron chi connectivity index (χ2n) is 7.47. The molecule has 0 unspecified atom stereocenters. The third kappa shape index (κ3) is 4.71. The molecule has 2 aromatic heterocycles. The van der Waals surface area contributed by atoms with Crippen LogP contribution >= 0.6 is 11.3 Å². The number of ether oxygens (including phenoxy) is 1. The van der Waals surface area contributed by atoms with Gasteiger partial charge in [-0.25, -0.2) is 0 Å². The van der Waals surface area contributed by atoms with Crippen molar-refractivity contribution in [2.75, 3.05) is 26.7 Å². The topological polar surface area (TPSA) is 72.3 Å². The molecule has 0 bridgehead atoms. The Kier molecular flexibility index (Phi) is 6.44. The van der Waals surface area contributed by atoms with Crippen molar-refractivity contribution in [3.8, 4) is 5.75 Å². The molecule has 1 N–H and O–H groups in total. The molecule has 0 atom stereocenters. The normalized spacial score (nSPS) is 14.2. The smallest absolute Gasteiger partial charge is 0.251 e. The summed E-state index contributed by atoms with van der Waals surface area (Å²) in [5, 5.41) is 13.9. The molecule has 7 nitrogen and oxygen atoms in total. The molecule has 8 heteroatoms. The second kappa shape index (κ2) is 9.40. The van der Waals surface area contributed by atoms with Crippen LogP contribution in [0.15, 0.2) is 35.7 Å². The van der Waals surface area contributed by atoms with E-state index in [1.54, 1.807) is 31.4 Å². The van der Waals surface area contributed by atoms with E-state index in [4.69, 9.17) is 4.74 Å². The predicted octanol–water partition coefficient (Wildman–Crippen LogP) is 2.69. The minimum atomic E-state index is -0.0919. The zero-order valence-corrected chi connectivity index (χ0v) is 18.2.